The standard InChI is InChI=1S/C19H20FN5/c20-17-12-21-8-6-18(17)24-10-3-4-15(13-24)19-23-9-11-25(19)14-16-5-1-2-7-22-16/h1-2,5-9,11-12,15H,3-4,10,13-14H2/t15-/m1/s1. The van der Waals surface area contributed by atoms with Gasteiger partial charge < -0.3 is 9.47 Å². The Kier molecular flexibility index (Phi) is 4.41. The Bertz CT molecular complexity index is 833. The van der Waals surface area contributed by atoms with E-state index in [2.05, 4.69) is 24.4 Å². The number of aromatic nitrogens is 4. The predicted molar refractivity (Wildman–Crippen MR) is 93.9 cm³/mol. The van der Waals surface area contributed by atoms with Gasteiger partial charge in [0.2, 0.25) is 0 Å². The minimum atomic E-state index is -0.264. The second-order valence-electron chi connectivity index (χ2n) is 6.35. The first-order valence-corrected chi connectivity index (χ1v) is 8.56. The van der Waals surface area contributed by atoms with Gasteiger partial charge in [-0.1, -0.05) is 6.07 Å². The quantitative estimate of drug-likeness (QED) is 0.733. The minimum absolute atomic E-state index is 0.264. The Hall–Kier alpha value is -2.76. The zero-order valence-electron chi connectivity index (χ0n) is 13.9. The van der Waals surface area contributed by atoms with Crippen LogP contribution in [0.3, 0.4) is 0 Å². The van der Waals surface area contributed by atoms with Crippen LogP contribution in [0.25, 0.3) is 0 Å². The molecule has 0 amide bonds. The van der Waals surface area contributed by atoms with E-state index in [0.717, 1.165) is 37.4 Å². The lowest BCUT2D eigenvalue weighted by Gasteiger charge is -2.34. The molecule has 5 nitrogen and oxygen atoms in total. The van der Waals surface area contributed by atoms with E-state index in [-0.39, 0.29) is 11.7 Å². The van der Waals surface area contributed by atoms with Crippen LogP contribution in [-0.4, -0.2) is 32.6 Å². The third-order valence-corrected chi connectivity index (χ3v) is 4.68. The number of rotatable bonds is 4. The number of piperidine rings is 1. The summed E-state index contributed by atoms with van der Waals surface area (Å²) in [6, 6.07) is 7.68. The minimum Gasteiger partial charge on any atom is -0.368 e. The molecule has 1 fully saturated rings. The fourth-order valence-corrected chi connectivity index (χ4v) is 3.51. The third kappa shape index (κ3) is 3.38. The molecule has 3 aromatic heterocycles. The average molecular weight is 337 g/mol. The number of hydrogen-bond acceptors (Lipinski definition) is 4. The molecule has 0 unspecified atom stereocenters. The van der Waals surface area contributed by atoms with Crippen LogP contribution >= 0.6 is 0 Å². The summed E-state index contributed by atoms with van der Waals surface area (Å²) in [5.41, 5.74) is 1.64. The number of imidazole rings is 1. The summed E-state index contributed by atoms with van der Waals surface area (Å²) in [7, 11) is 0. The van der Waals surface area contributed by atoms with Crippen LogP contribution in [0.5, 0.6) is 0 Å². The maximum Gasteiger partial charge on any atom is 0.164 e. The molecule has 0 saturated carbocycles. The van der Waals surface area contributed by atoms with Crippen molar-refractivity contribution in [1.82, 2.24) is 19.5 Å². The first kappa shape index (κ1) is 15.7. The highest BCUT2D eigenvalue weighted by Gasteiger charge is 2.26. The summed E-state index contributed by atoms with van der Waals surface area (Å²) < 4.78 is 16.2. The van der Waals surface area contributed by atoms with Crippen LogP contribution in [0, 0.1) is 5.82 Å². The van der Waals surface area contributed by atoms with Crippen LogP contribution in [0.2, 0.25) is 0 Å². The molecule has 1 aliphatic heterocycles. The van der Waals surface area contributed by atoms with Crippen molar-refractivity contribution in [1.29, 1.82) is 0 Å². The lowest BCUT2D eigenvalue weighted by Crippen LogP contribution is -2.36. The number of anilines is 1. The number of nitrogens with zero attached hydrogens (tertiary/aromatic N) is 5. The van der Waals surface area contributed by atoms with E-state index < -0.39 is 0 Å². The Labute approximate surface area is 146 Å². The molecule has 6 heteroatoms. The monoisotopic (exact) mass is 337 g/mol. The highest BCUT2D eigenvalue weighted by atomic mass is 19.1. The largest absolute Gasteiger partial charge is 0.368 e. The van der Waals surface area contributed by atoms with Crippen molar-refractivity contribution < 1.29 is 4.39 Å². The van der Waals surface area contributed by atoms with Gasteiger partial charge in [0.1, 0.15) is 5.82 Å². The Balaban J connectivity index is 1.54. The van der Waals surface area contributed by atoms with Crippen LogP contribution in [-0.2, 0) is 6.54 Å². The molecule has 4 rings (SSSR count). The lowest BCUT2D eigenvalue weighted by atomic mass is 9.96. The second-order valence-corrected chi connectivity index (χ2v) is 6.35. The van der Waals surface area contributed by atoms with Crippen LogP contribution in [0.15, 0.2) is 55.2 Å². The first-order valence-electron chi connectivity index (χ1n) is 8.56. The highest BCUT2D eigenvalue weighted by molar-refractivity contribution is 5.47. The van der Waals surface area contributed by atoms with Crippen LogP contribution in [0.4, 0.5) is 10.1 Å². The highest BCUT2D eigenvalue weighted by Crippen LogP contribution is 2.30. The first-order chi connectivity index (χ1) is 12.3. The molecule has 25 heavy (non-hydrogen) atoms. The topological polar surface area (TPSA) is 46.8 Å². The molecule has 4 heterocycles. The van der Waals surface area contributed by atoms with Crippen molar-refractivity contribution in [3.8, 4) is 0 Å². The molecular weight excluding hydrogens is 317 g/mol. The van der Waals surface area contributed by atoms with Gasteiger partial charge in [-0.2, -0.15) is 0 Å². The summed E-state index contributed by atoms with van der Waals surface area (Å²) in [6.07, 6.45) is 10.6. The van der Waals surface area contributed by atoms with Gasteiger partial charge >= 0.3 is 0 Å². The van der Waals surface area contributed by atoms with E-state index in [1.807, 2.05) is 30.6 Å². The molecule has 0 N–H and O–H groups in total. The molecule has 0 aliphatic carbocycles. The number of pyridine rings is 2. The summed E-state index contributed by atoms with van der Waals surface area (Å²) in [5.74, 6) is 1.06. The molecule has 0 radical (unpaired) electrons. The summed E-state index contributed by atoms with van der Waals surface area (Å²) >= 11 is 0. The van der Waals surface area contributed by atoms with Crippen molar-refractivity contribution in [3.63, 3.8) is 0 Å². The van der Waals surface area contributed by atoms with Gasteiger partial charge in [0.25, 0.3) is 0 Å². The zero-order valence-corrected chi connectivity index (χ0v) is 13.9. The second kappa shape index (κ2) is 7.01. The van der Waals surface area contributed by atoms with Crippen molar-refractivity contribution >= 4 is 5.69 Å². The molecule has 1 atom stereocenters. The van der Waals surface area contributed by atoms with Gasteiger partial charge in [0.05, 0.1) is 24.1 Å². The third-order valence-electron chi connectivity index (χ3n) is 4.68. The maximum atomic E-state index is 14.1. The Morgan fingerprint density at radius 2 is 2.08 bits per heavy atom. The van der Waals surface area contributed by atoms with E-state index in [0.29, 0.717) is 12.2 Å². The molecular formula is C19H20FN5. The van der Waals surface area contributed by atoms with Crippen LogP contribution in [0.1, 0.15) is 30.3 Å². The summed E-state index contributed by atoms with van der Waals surface area (Å²) in [4.78, 5) is 14.9. The lowest BCUT2D eigenvalue weighted by molar-refractivity contribution is 0.470. The van der Waals surface area contributed by atoms with Gasteiger partial charge in [0.15, 0.2) is 5.82 Å². The molecule has 1 saturated heterocycles. The van der Waals surface area contributed by atoms with Gasteiger partial charge in [-0.15, -0.1) is 0 Å². The van der Waals surface area contributed by atoms with Gasteiger partial charge in [-0.25, -0.2) is 9.37 Å². The van der Waals surface area contributed by atoms with Gasteiger partial charge in [-0.05, 0) is 31.0 Å². The van der Waals surface area contributed by atoms with Crippen molar-refractivity contribution in [2.75, 3.05) is 18.0 Å². The molecule has 0 bridgehead atoms. The normalized spacial score (nSPS) is 17.6. The maximum absolute atomic E-state index is 14.1. The van der Waals surface area contributed by atoms with E-state index >= 15 is 0 Å². The molecule has 3 aromatic rings. The SMILES string of the molecule is Fc1cnccc1N1CCC[C@@H](c2nccn2Cc2ccccn2)C1. The smallest absolute Gasteiger partial charge is 0.164 e. The predicted octanol–water partition coefficient (Wildman–Crippen LogP) is 3.24. The molecule has 0 spiro atoms. The number of halogens is 1. The Morgan fingerprint density at radius 1 is 1.12 bits per heavy atom. The van der Waals surface area contributed by atoms with E-state index in [1.165, 1.54) is 6.20 Å². The van der Waals surface area contributed by atoms with Crippen molar-refractivity contribution in [2.45, 2.75) is 25.3 Å². The van der Waals surface area contributed by atoms with Gasteiger partial charge in [0, 0.05) is 43.8 Å². The molecule has 1 aliphatic rings. The molecule has 0 aromatic carbocycles. The summed E-state index contributed by atoms with van der Waals surface area (Å²) in [5, 5.41) is 0. The summed E-state index contributed by atoms with van der Waals surface area (Å²) in [6.45, 7) is 2.33. The average Bonchev–Trinajstić information content (AvgIpc) is 3.11. The van der Waals surface area contributed by atoms with E-state index in [9.17, 15) is 4.39 Å². The fourth-order valence-electron chi connectivity index (χ4n) is 3.51. The molecule has 128 valence electrons. The van der Waals surface area contributed by atoms with Crippen LogP contribution < -0.4 is 4.90 Å². The van der Waals surface area contributed by atoms with E-state index in [1.54, 1.807) is 18.5 Å². The van der Waals surface area contributed by atoms with Crippen molar-refractivity contribution in [2.24, 2.45) is 0 Å². The number of hydrogen-bond donors (Lipinski definition) is 0. The fraction of sp³-hybridized carbons (Fsp3) is 0.316. The zero-order chi connectivity index (χ0) is 17.1. The van der Waals surface area contributed by atoms with E-state index in [4.69, 9.17) is 0 Å². The van der Waals surface area contributed by atoms with Gasteiger partial charge in [-0.3, -0.25) is 9.97 Å². The van der Waals surface area contributed by atoms with Crippen molar-refractivity contribution in [3.05, 3.63) is 72.6 Å². The Morgan fingerprint density at radius 3 is 2.92 bits per heavy atom.